The summed E-state index contributed by atoms with van der Waals surface area (Å²) in [7, 11) is 0. The molecule has 6 heteroatoms. The molecule has 0 bridgehead atoms. The normalized spacial score (nSPS) is 21.8. The Hall–Kier alpha value is -3.80. The second-order valence-electron chi connectivity index (χ2n) is 11.5. The zero-order chi connectivity index (χ0) is 29.1. The van der Waals surface area contributed by atoms with E-state index in [1.54, 1.807) is 12.2 Å². The predicted octanol–water partition coefficient (Wildman–Crippen LogP) is 7.56. The summed E-state index contributed by atoms with van der Waals surface area (Å²) in [6.07, 6.45) is 11.9. The second kappa shape index (κ2) is 11.5. The lowest BCUT2D eigenvalue weighted by Crippen LogP contribution is -2.46. The zero-order valence-corrected chi connectivity index (χ0v) is 24.0. The van der Waals surface area contributed by atoms with E-state index in [-0.39, 0.29) is 35.3 Å². The van der Waals surface area contributed by atoms with Crippen molar-refractivity contribution >= 4 is 17.3 Å². The molecule has 6 nitrogen and oxygen atoms in total. The molecule has 2 aliphatic rings. The maximum Gasteiger partial charge on any atom is 0.203 e. The van der Waals surface area contributed by atoms with E-state index in [2.05, 4.69) is 19.9 Å². The molecule has 3 N–H and O–H groups in total. The molecule has 1 aliphatic carbocycles. The molecule has 208 valence electrons. The molecule has 3 rings (SSSR count). The van der Waals surface area contributed by atoms with Gasteiger partial charge in [0.15, 0.2) is 17.3 Å². The van der Waals surface area contributed by atoms with E-state index < -0.39 is 34.1 Å². The van der Waals surface area contributed by atoms with Crippen LogP contribution in [0.5, 0.6) is 11.5 Å². The summed E-state index contributed by atoms with van der Waals surface area (Å²) in [6.45, 7) is 13.8. The van der Waals surface area contributed by atoms with Crippen molar-refractivity contribution in [3.05, 3.63) is 87.8 Å². The molecular formula is C33H40O6. The predicted molar refractivity (Wildman–Crippen MR) is 154 cm³/mol. The lowest BCUT2D eigenvalue weighted by atomic mass is 9.65. The summed E-state index contributed by atoms with van der Waals surface area (Å²) in [5.74, 6) is -2.24. The molecule has 1 heterocycles. The molecule has 1 aliphatic heterocycles. The third-order valence-electron chi connectivity index (χ3n) is 7.06. The van der Waals surface area contributed by atoms with E-state index in [0.717, 1.165) is 30.1 Å². The number of rotatable bonds is 8. The fraction of sp³-hybridized carbons (Fsp3) is 0.394. The number of phenolic OH excluding ortho intramolecular Hbond substituents is 2. The van der Waals surface area contributed by atoms with Gasteiger partial charge in [0.05, 0.1) is 11.0 Å². The van der Waals surface area contributed by atoms with Gasteiger partial charge in [-0.2, -0.15) is 0 Å². The van der Waals surface area contributed by atoms with Crippen LogP contribution in [0.2, 0.25) is 0 Å². The van der Waals surface area contributed by atoms with Crippen LogP contribution in [-0.4, -0.2) is 32.5 Å². The number of carbonyl (C=O) groups is 2. The van der Waals surface area contributed by atoms with Crippen LogP contribution < -0.4 is 0 Å². The van der Waals surface area contributed by atoms with Crippen LogP contribution in [0.25, 0.3) is 5.76 Å². The van der Waals surface area contributed by atoms with Gasteiger partial charge in [0.25, 0.3) is 0 Å². The van der Waals surface area contributed by atoms with Gasteiger partial charge in [-0.3, -0.25) is 9.59 Å². The van der Waals surface area contributed by atoms with Crippen molar-refractivity contribution < 1.29 is 29.6 Å². The first kappa shape index (κ1) is 29.8. The van der Waals surface area contributed by atoms with Gasteiger partial charge < -0.3 is 20.1 Å². The van der Waals surface area contributed by atoms with Crippen LogP contribution in [0.15, 0.2) is 82.2 Å². The topological polar surface area (TPSA) is 104 Å². The van der Waals surface area contributed by atoms with Crippen molar-refractivity contribution in [2.75, 3.05) is 0 Å². The molecule has 1 aromatic carbocycles. The van der Waals surface area contributed by atoms with Crippen molar-refractivity contribution in [2.24, 2.45) is 5.41 Å². The van der Waals surface area contributed by atoms with Crippen molar-refractivity contribution in [2.45, 2.75) is 79.8 Å². The summed E-state index contributed by atoms with van der Waals surface area (Å²) in [5, 5.41) is 31.0. The molecule has 1 atom stereocenters. The number of aliphatic hydroxyl groups excluding tert-OH is 1. The average molecular weight is 533 g/mol. The summed E-state index contributed by atoms with van der Waals surface area (Å²) < 4.78 is 6.39. The maximum atomic E-state index is 14.5. The Labute approximate surface area is 231 Å². The number of hydrogen-bond acceptors (Lipinski definition) is 6. The lowest BCUT2D eigenvalue weighted by molar-refractivity contribution is -0.130. The van der Waals surface area contributed by atoms with Crippen molar-refractivity contribution in [3.63, 3.8) is 0 Å². The molecule has 39 heavy (non-hydrogen) atoms. The van der Waals surface area contributed by atoms with Gasteiger partial charge >= 0.3 is 0 Å². The van der Waals surface area contributed by atoms with Crippen LogP contribution in [0.4, 0.5) is 0 Å². The molecule has 0 aromatic heterocycles. The number of hydrogen-bond donors (Lipinski definition) is 3. The highest BCUT2D eigenvalue weighted by atomic mass is 16.5. The van der Waals surface area contributed by atoms with Gasteiger partial charge in [0.1, 0.15) is 22.7 Å². The van der Waals surface area contributed by atoms with Gasteiger partial charge in [-0.15, -0.1) is 0 Å². The minimum absolute atomic E-state index is 0.0525. The number of allylic oxidation sites excluding steroid dienone is 10. The van der Waals surface area contributed by atoms with E-state index in [4.69, 9.17) is 4.74 Å². The number of aliphatic hydroxyl groups is 1. The van der Waals surface area contributed by atoms with Gasteiger partial charge in [-0.05, 0) is 105 Å². The molecule has 0 saturated heterocycles. The fourth-order valence-electron chi connectivity index (χ4n) is 4.73. The monoisotopic (exact) mass is 532 g/mol. The molecular weight excluding hydrogens is 492 g/mol. The third-order valence-corrected chi connectivity index (χ3v) is 7.06. The summed E-state index contributed by atoms with van der Waals surface area (Å²) in [4.78, 5) is 28.2. The Kier molecular flexibility index (Phi) is 8.79. The van der Waals surface area contributed by atoms with Gasteiger partial charge in [0, 0.05) is 5.56 Å². The minimum atomic E-state index is -1.26. The molecule has 0 saturated carbocycles. The highest BCUT2D eigenvalue weighted by Gasteiger charge is 2.54. The number of ether oxygens (including phenoxy) is 1. The van der Waals surface area contributed by atoms with Gasteiger partial charge in [-0.25, -0.2) is 0 Å². The molecule has 0 fully saturated rings. The SMILES string of the molecule is CC(C)=CCC/C(C)=C/CC1(CC=C(C)C)C(=O)/C(=C(\O)c2ccc(O)c(O)c2)C(=O)C2=C1OC(C)(C)C=C2. The molecule has 1 unspecified atom stereocenters. The van der Waals surface area contributed by atoms with E-state index in [1.807, 2.05) is 46.8 Å². The third kappa shape index (κ3) is 6.44. The van der Waals surface area contributed by atoms with E-state index in [0.29, 0.717) is 5.76 Å². The number of phenols is 2. The highest BCUT2D eigenvalue weighted by Crippen LogP contribution is 2.50. The van der Waals surface area contributed by atoms with Gasteiger partial charge in [0.2, 0.25) is 5.78 Å². The zero-order valence-electron chi connectivity index (χ0n) is 24.0. The van der Waals surface area contributed by atoms with E-state index in [9.17, 15) is 24.9 Å². The number of aromatic hydroxyl groups is 2. The maximum absolute atomic E-state index is 14.5. The largest absolute Gasteiger partial charge is 0.506 e. The van der Waals surface area contributed by atoms with Crippen LogP contribution in [0.1, 0.15) is 79.7 Å². The second-order valence-corrected chi connectivity index (χ2v) is 11.5. The summed E-state index contributed by atoms with van der Waals surface area (Å²) >= 11 is 0. The van der Waals surface area contributed by atoms with Crippen molar-refractivity contribution in [1.29, 1.82) is 0 Å². The summed E-state index contributed by atoms with van der Waals surface area (Å²) in [5.41, 5.74) is 1.30. The van der Waals surface area contributed by atoms with E-state index in [1.165, 1.54) is 17.7 Å². The molecule has 0 spiro atoms. The minimum Gasteiger partial charge on any atom is -0.506 e. The van der Waals surface area contributed by atoms with Crippen molar-refractivity contribution in [3.8, 4) is 11.5 Å². The Bertz CT molecular complexity index is 1350. The standard InChI is InChI=1S/C33H40O6/c1-20(2)9-8-10-22(5)14-18-33(17-13-21(3)4)30(38)27(28(36)23-11-12-25(34)26(35)19-23)29(37)24-15-16-32(6,7)39-31(24)33/h9,11-16,19,34-36H,8,10,17-18H2,1-7H3/b22-14+,28-27-. The van der Waals surface area contributed by atoms with Crippen LogP contribution in [-0.2, 0) is 14.3 Å². The Morgan fingerprint density at radius 2 is 1.56 bits per heavy atom. The smallest absolute Gasteiger partial charge is 0.203 e. The van der Waals surface area contributed by atoms with E-state index >= 15 is 0 Å². The Morgan fingerprint density at radius 3 is 2.18 bits per heavy atom. The first-order valence-corrected chi connectivity index (χ1v) is 13.3. The first-order valence-electron chi connectivity index (χ1n) is 13.3. The molecule has 0 amide bonds. The van der Waals surface area contributed by atoms with Crippen molar-refractivity contribution in [1.82, 2.24) is 0 Å². The van der Waals surface area contributed by atoms with Crippen LogP contribution in [0, 0.1) is 5.41 Å². The number of benzene rings is 1. The number of carbonyl (C=O) groups excluding carboxylic acids is 2. The van der Waals surface area contributed by atoms with Gasteiger partial charge in [-0.1, -0.05) is 34.9 Å². The highest BCUT2D eigenvalue weighted by molar-refractivity contribution is 6.34. The van der Waals surface area contributed by atoms with Crippen LogP contribution >= 0.6 is 0 Å². The fourth-order valence-corrected chi connectivity index (χ4v) is 4.73. The number of Topliss-reactive ketones (excluding diaryl/α,β-unsaturated/α-hetero) is 2. The quantitative estimate of drug-likeness (QED) is 0.105. The Balaban J connectivity index is 2.26. The number of ketones is 2. The molecule has 1 aromatic rings. The Morgan fingerprint density at radius 1 is 0.923 bits per heavy atom. The summed E-state index contributed by atoms with van der Waals surface area (Å²) in [6, 6.07) is 3.68. The first-order chi connectivity index (χ1) is 18.2. The molecule has 0 radical (unpaired) electrons. The average Bonchev–Trinajstić information content (AvgIpc) is 2.84. The van der Waals surface area contributed by atoms with Crippen LogP contribution in [0.3, 0.4) is 0 Å². The lowest BCUT2D eigenvalue weighted by Gasteiger charge is -2.43.